The van der Waals surface area contributed by atoms with Gasteiger partial charge in [-0.1, -0.05) is 24.3 Å². The van der Waals surface area contributed by atoms with Crippen LogP contribution in [-0.4, -0.2) is 27.2 Å². The molecule has 1 N–H and O–H groups in total. The number of para-hydroxylation sites is 1. The number of benzene rings is 2. The van der Waals surface area contributed by atoms with Crippen molar-refractivity contribution in [2.75, 3.05) is 12.9 Å². The topological polar surface area (TPSA) is 72.5 Å². The summed E-state index contributed by atoms with van der Waals surface area (Å²) >= 11 is 0. The number of rotatable bonds is 6. The number of sulfone groups is 1. The largest absolute Gasteiger partial charge is 0.495 e. The first-order valence-corrected chi connectivity index (χ1v) is 8.89. The smallest absolute Gasteiger partial charge is 0.236 e. The average Bonchev–Trinajstić information content (AvgIpc) is 2.54. The highest BCUT2D eigenvalue weighted by molar-refractivity contribution is 7.92. The standard InChI is InChI=1S/C17H18FNO4S/c1-12(13-7-9-14(18)10-8-13)19-17(20)11-24(21,22)16-6-4-3-5-15(16)23-2/h3-10,12H,11H2,1-2H3,(H,19,20). The Morgan fingerprint density at radius 1 is 1.17 bits per heavy atom. The predicted molar refractivity (Wildman–Crippen MR) is 88.0 cm³/mol. The van der Waals surface area contributed by atoms with Gasteiger partial charge in [0.05, 0.1) is 13.2 Å². The van der Waals surface area contributed by atoms with Crippen LogP contribution in [0.1, 0.15) is 18.5 Å². The molecule has 1 unspecified atom stereocenters. The molecular formula is C17H18FNO4S. The normalized spacial score (nSPS) is 12.5. The molecule has 0 aromatic heterocycles. The van der Waals surface area contributed by atoms with Gasteiger partial charge in [-0.25, -0.2) is 12.8 Å². The van der Waals surface area contributed by atoms with Crippen molar-refractivity contribution in [3.8, 4) is 5.75 Å². The maximum absolute atomic E-state index is 12.9. The van der Waals surface area contributed by atoms with Gasteiger partial charge in [-0.05, 0) is 36.8 Å². The second-order valence-electron chi connectivity index (χ2n) is 5.25. The van der Waals surface area contributed by atoms with Crippen molar-refractivity contribution < 1.29 is 22.3 Å². The summed E-state index contributed by atoms with van der Waals surface area (Å²) in [6, 6.07) is 11.3. The first-order chi connectivity index (χ1) is 11.3. The van der Waals surface area contributed by atoms with E-state index in [1.54, 1.807) is 19.1 Å². The number of hydrogen-bond acceptors (Lipinski definition) is 4. The van der Waals surface area contributed by atoms with E-state index in [0.717, 1.165) is 0 Å². The van der Waals surface area contributed by atoms with Crippen LogP contribution < -0.4 is 10.1 Å². The minimum absolute atomic E-state index is 0.0305. The van der Waals surface area contributed by atoms with Gasteiger partial charge in [-0.15, -0.1) is 0 Å². The van der Waals surface area contributed by atoms with E-state index < -0.39 is 27.5 Å². The summed E-state index contributed by atoms with van der Waals surface area (Å²) in [5, 5.41) is 2.60. The second-order valence-corrected chi connectivity index (χ2v) is 7.21. The van der Waals surface area contributed by atoms with Crippen molar-refractivity contribution in [1.29, 1.82) is 0 Å². The molecule has 0 radical (unpaired) electrons. The molecule has 24 heavy (non-hydrogen) atoms. The van der Waals surface area contributed by atoms with Crippen LogP contribution in [0.2, 0.25) is 0 Å². The summed E-state index contributed by atoms with van der Waals surface area (Å²) < 4.78 is 42.7. The monoisotopic (exact) mass is 351 g/mol. The van der Waals surface area contributed by atoms with E-state index in [2.05, 4.69) is 5.32 Å². The molecule has 2 aromatic carbocycles. The number of carbonyl (C=O) groups excluding carboxylic acids is 1. The molecule has 0 spiro atoms. The van der Waals surface area contributed by atoms with Crippen LogP contribution in [-0.2, 0) is 14.6 Å². The molecule has 0 saturated carbocycles. The Hall–Kier alpha value is -2.41. The lowest BCUT2D eigenvalue weighted by molar-refractivity contribution is -0.119. The van der Waals surface area contributed by atoms with Gasteiger partial charge in [-0.2, -0.15) is 0 Å². The van der Waals surface area contributed by atoms with Gasteiger partial charge >= 0.3 is 0 Å². The molecule has 1 atom stereocenters. The zero-order valence-electron chi connectivity index (χ0n) is 13.3. The third kappa shape index (κ3) is 4.32. The molecule has 0 saturated heterocycles. The summed E-state index contributed by atoms with van der Waals surface area (Å²) in [6.45, 7) is 1.70. The lowest BCUT2D eigenvalue weighted by atomic mass is 10.1. The number of methoxy groups -OCH3 is 1. The summed E-state index contributed by atoms with van der Waals surface area (Å²) in [5.74, 6) is -1.52. The SMILES string of the molecule is COc1ccccc1S(=O)(=O)CC(=O)NC(C)c1ccc(F)cc1. The van der Waals surface area contributed by atoms with Crippen LogP contribution in [0.5, 0.6) is 5.75 Å². The van der Waals surface area contributed by atoms with E-state index in [1.165, 1.54) is 43.5 Å². The fourth-order valence-electron chi connectivity index (χ4n) is 2.24. The van der Waals surface area contributed by atoms with Crippen LogP contribution in [0.15, 0.2) is 53.4 Å². The van der Waals surface area contributed by atoms with Gasteiger partial charge in [0.25, 0.3) is 0 Å². The molecular weight excluding hydrogens is 333 g/mol. The molecule has 0 aliphatic heterocycles. The van der Waals surface area contributed by atoms with E-state index in [0.29, 0.717) is 5.56 Å². The Kier molecular flexibility index (Phi) is 5.56. The zero-order chi connectivity index (χ0) is 17.7. The average molecular weight is 351 g/mol. The fraction of sp³-hybridized carbons (Fsp3) is 0.235. The third-order valence-corrected chi connectivity index (χ3v) is 5.12. The first kappa shape index (κ1) is 17.9. The highest BCUT2D eigenvalue weighted by Gasteiger charge is 2.23. The van der Waals surface area contributed by atoms with Gasteiger partial charge in [0.15, 0.2) is 9.84 Å². The van der Waals surface area contributed by atoms with Crippen LogP contribution in [0.25, 0.3) is 0 Å². The Morgan fingerprint density at radius 3 is 2.42 bits per heavy atom. The van der Waals surface area contributed by atoms with Crippen LogP contribution in [0.3, 0.4) is 0 Å². The number of nitrogens with one attached hydrogen (secondary N) is 1. The van der Waals surface area contributed by atoms with Crippen LogP contribution in [0.4, 0.5) is 4.39 Å². The molecule has 2 rings (SSSR count). The minimum atomic E-state index is -3.83. The highest BCUT2D eigenvalue weighted by Crippen LogP contribution is 2.24. The van der Waals surface area contributed by atoms with Gasteiger partial charge in [0.2, 0.25) is 5.91 Å². The summed E-state index contributed by atoms with van der Waals surface area (Å²) in [5.41, 5.74) is 0.680. The molecule has 1 amide bonds. The quantitative estimate of drug-likeness (QED) is 0.868. The summed E-state index contributed by atoms with van der Waals surface area (Å²) in [6.07, 6.45) is 0. The van der Waals surface area contributed by atoms with E-state index in [4.69, 9.17) is 4.74 Å². The predicted octanol–water partition coefficient (Wildman–Crippen LogP) is 2.49. The summed E-state index contributed by atoms with van der Waals surface area (Å²) in [4.78, 5) is 12.0. The molecule has 0 aliphatic carbocycles. The second kappa shape index (κ2) is 7.44. The molecule has 5 nitrogen and oxygen atoms in total. The van der Waals surface area contributed by atoms with Crippen molar-refractivity contribution >= 4 is 15.7 Å². The first-order valence-electron chi connectivity index (χ1n) is 7.24. The van der Waals surface area contributed by atoms with Crippen molar-refractivity contribution in [2.24, 2.45) is 0 Å². The van der Waals surface area contributed by atoms with Gasteiger partial charge in [-0.3, -0.25) is 4.79 Å². The number of halogens is 1. The highest BCUT2D eigenvalue weighted by atomic mass is 32.2. The number of carbonyl (C=O) groups is 1. The third-order valence-electron chi connectivity index (χ3n) is 3.47. The van der Waals surface area contributed by atoms with Crippen molar-refractivity contribution in [1.82, 2.24) is 5.32 Å². The van der Waals surface area contributed by atoms with Crippen molar-refractivity contribution in [3.05, 3.63) is 59.9 Å². The van der Waals surface area contributed by atoms with E-state index in [9.17, 15) is 17.6 Å². The Morgan fingerprint density at radius 2 is 1.79 bits per heavy atom. The molecule has 0 heterocycles. The van der Waals surface area contributed by atoms with E-state index >= 15 is 0 Å². The molecule has 2 aromatic rings. The molecule has 0 aliphatic rings. The maximum Gasteiger partial charge on any atom is 0.236 e. The lowest BCUT2D eigenvalue weighted by Gasteiger charge is -2.15. The Balaban J connectivity index is 2.09. The number of ether oxygens (including phenoxy) is 1. The number of hydrogen-bond donors (Lipinski definition) is 1. The summed E-state index contributed by atoms with van der Waals surface area (Å²) in [7, 11) is -2.47. The van der Waals surface area contributed by atoms with Gasteiger partial charge < -0.3 is 10.1 Å². The fourth-order valence-corrected chi connectivity index (χ4v) is 3.57. The lowest BCUT2D eigenvalue weighted by Crippen LogP contribution is -2.32. The Bertz CT molecular complexity index is 819. The maximum atomic E-state index is 12.9. The van der Waals surface area contributed by atoms with Gasteiger partial charge in [0, 0.05) is 0 Å². The van der Waals surface area contributed by atoms with Crippen LogP contribution >= 0.6 is 0 Å². The zero-order valence-corrected chi connectivity index (χ0v) is 14.1. The van der Waals surface area contributed by atoms with Crippen LogP contribution in [0, 0.1) is 5.82 Å². The molecule has 7 heteroatoms. The molecule has 128 valence electrons. The number of amides is 1. The van der Waals surface area contributed by atoms with Gasteiger partial charge in [0.1, 0.15) is 22.2 Å². The molecule has 0 bridgehead atoms. The van der Waals surface area contributed by atoms with Crippen molar-refractivity contribution in [2.45, 2.75) is 17.9 Å². The minimum Gasteiger partial charge on any atom is -0.495 e. The van der Waals surface area contributed by atoms with E-state index in [1.807, 2.05) is 0 Å². The molecule has 0 fully saturated rings. The van der Waals surface area contributed by atoms with Crippen molar-refractivity contribution in [3.63, 3.8) is 0 Å². The van der Waals surface area contributed by atoms with E-state index in [-0.39, 0.29) is 16.5 Å². The Labute approximate surface area is 140 Å².